The van der Waals surface area contributed by atoms with Crippen LogP contribution in [-0.4, -0.2) is 50.5 Å². The number of aromatic amines is 1. The lowest BCUT2D eigenvalue weighted by Crippen LogP contribution is -2.70. The first-order chi connectivity index (χ1) is 10.8. The first-order valence-corrected chi connectivity index (χ1v) is 9.28. The van der Waals surface area contributed by atoms with Gasteiger partial charge < -0.3 is 14.6 Å². The topological polar surface area (TPSA) is 130 Å². The van der Waals surface area contributed by atoms with Gasteiger partial charge in [-0.1, -0.05) is 0 Å². The third-order valence-corrected chi connectivity index (χ3v) is 4.94. The summed E-state index contributed by atoms with van der Waals surface area (Å²) in [6.45, 7) is 0.568. The first kappa shape index (κ1) is 16.2. The van der Waals surface area contributed by atoms with E-state index in [1.54, 1.807) is 0 Å². The second kappa shape index (κ2) is 6.10. The van der Waals surface area contributed by atoms with Crippen molar-refractivity contribution in [1.29, 1.82) is 0 Å². The van der Waals surface area contributed by atoms with Crippen molar-refractivity contribution in [2.75, 3.05) is 12.9 Å². The molecule has 1 aliphatic carbocycles. The zero-order valence-corrected chi connectivity index (χ0v) is 13.4. The maximum Gasteiger partial charge on any atom is 0.280 e. The molecule has 0 aromatic carbocycles. The van der Waals surface area contributed by atoms with Gasteiger partial charge in [0.25, 0.3) is 5.56 Å². The van der Waals surface area contributed by atoms with Crippen molar-refractivity contribution < 1.29 is 22.5 Å². The van der Waals surface area contributed by atoms with Gasteiger partial charge in [-0.15, -0.1) is 0 Å². The zero-order valence-electron chi connectivity index (χ0n) is 12.6. The minimum Gasteiger partial charge on any atom is -0.384 e. The molecule has 1 aromatic rings. The summed E-state index contributed by atoms with van der Waals surface area (Å²) < 4.78 is 35.8. The van der Waals surface area contributed by atoms with Crippen molar-refractivity contribution >= 4 is 15.9 Å². The lowest BCUT2D eigenvalue weighted by Gasteiger charge is -2.47. The summed E-state index contributed by atoms with van der Waals surface area (Å²) in [5.74, 6) is 0.319. The van der Waals surface area contributed by atoms with Crippen LogP contribution in [0.15, 0.2) is 15.4 Å². The number of carbonyl (C=O) groups is 1. The van der Waals surface area contributed by atoms with Gasteiger partial charge in [0.1, 0.15) is 5.76 Å². The molecule has 1 aromatic heterocycles. The number of aryl methyl sites for hydroxylation is 1. The quantitative estimate of drug-likeness (QED) is 0.589. The van der Waals surface area contributed by atoms with Gasteiger partial charge in [-0.05, 0) is 6.42 Å². The minimum absolute atomic E-state index is 0.128. The second-order valence-corrected chi connectivity index (χ2v) is 7.76. The molecule has 23 heavy (non-hydrogen) atoms. The van der Waals surface area contributed by atoms with Crippen LogP contribution in [0.2, 0.25) is 0 Å². The van der Waals surface area contributed by atoms with Gasteiger partial charge in [0.05, 0.1) is 24.4 Å². The van der Waals surface area contributed by atoms with Gasteiger partial charge in [-0.25, -0.2) is 13.1 Å². The van der Waals surface area contributed by atoms with E-state index in [1.807, 2.05) is 0 Å². The number of rotatable bonds is 6. The molecular weight excluding hydrogens is 326 g/mol. The van der Waals surface area contributed by atoms with Gasteiger partial charge in [0.2, 0.25) is 15.9 Å². The number of amides is 1. The number of ether oxygens (including phenoxy) is 1. The van der Waals surface area contributed by atoms with Crippen molar-refractivity contribution in [3.05, 3.63) is 22.2 Å². The standard InChI is InChI=1S/C13H19N3O6S/c1-23(19,20)16-12-11(8-4-5-21-13(8)12)14-9(17)3-2-7-6-10(18)15-22-7/h6,8,11-13,16H,2-5H2,1H3,(H,14,17)(H,15,18)/t8-,11+,12-,13-/m1/s1. The fourth-order valence-corrected chi connectivity index (χ4v) is 4.01. The molecule has 0 radical (unpaired) electrons. The molecule has 3 N–H and O–H groups in total. The van der Waals surface area contributed by atoms with Crippen molar-refractivity contribution in [1.82, 2.24) is 15.2 Å². The Bertz CT molecular complexity index is 739. The van der Waals surface area contributed by atoms with E-state index < -0.39 is 16.1 Å². The summed E-state index contributed by atoms with van der Waals surface area (Å²) in [6, 6.07) is 0.584. The lowest BCUT2D eigenvalue weighted by atomic mass is 9.72. The SMILES string of the molecule is CS(=O)(=O)N[C@@H]1[C@@H](NC(=O)CCc2cc(=O)[nH]o2)[C@H]2CCO[C@H]21. The van der Waals surface area contributed by atoms with Gasteiger partial charge >= 0.3 is 0 Å². The average Bonchev–Trinajstić information content (AvgIpc) is 3.06. The summed E-state index contributed by atoms with van der Waals surface area (Å²) in [6.07, 6.45) is 2.15. The fraction of sp³-hybridized carbons (Fsp3) is 0.692. The van der Waals surface area contributed by atoms with Crippen LogP contribution >= 0.6 is 0 Å². The number of carbonyl (C=O) groups excluding carboxylic acids is 1. The number of hydrogen-bond donors (Lipinski definition) is 3. The molecule has 1 aliphatic heterocycles. The molecule has 2 aliphatic rings. The Kier molecular flexibility index (Phi) is 4.30. The molecule has 0 unspecified atom stereocenters. The van der Waals surface area contributed by atoms with Crippen LogP contribution in [0.25, 0.3) is 0 Å². The van der Waals surface area contributed by atoms with Gasteiger partial charge in [0, 0.05) is 31.4 Å². The van der Waals surface area contributed by atoms with Crippen LogP contribution < -0.4 is 15.6 Å². The van der Waals surface area contributed by atoms with E-state index in [4.69, 9.17) is 9.26 Å². The number of sulfonamides is 1. The van der Waals surface area contributed by atoms with E-state index in [9.17, 15) is 18.0 Å². The minimum atomic E-state index is -3.38. The van der Waals surface area contributed by atoms with Crippen molar-refractivity contribution in [2.45, 2.75) is 37.5 Å². The largest absolute Gasteiger partial charge is 0.384 e. The smallest absolute Gasteiger partial charge is 0.280 e. The number of fused-ring (bicyclic) bond motifs is 1. The van der Waals surface area contributed by atoms with Crippen LogP contribution in [-0.2, 0) is 26.0 Å². The highest BCUT2D eigenvalue weighted by Gasteiger charge is 2.55. The Hall–Kier alpha value is -1.65. The number of nitrogens with one attached hydrogen (secondary N) is 3. The molecule has 1 saturated heterocycles. The Balaban J connectivity index is 1.56. The molecule has 9 nitrogen and oxygen atoms in total. The van der Waals surface area contributed by atoms with Crippen molar-refractivity contribution in [2.24, 2.45) is 5.92 Å². The van der Waals surface area contributed by atoms with E-state index in [0.29, 0.717) is 18.8 Å². The van der Waals surface area contributed by atoms with Crippen molar-refractivity contribution in [3.8, 4) is 0 Å². The second-order valence-electron chi connectivity index (χ2n) is 5.98. The first-order valence-electron chi connectivity index (χ1n) is 7.39. The summed E-state index contributed by atoms with van der Waals surface area (Å²) in [5, 5.41) is 5.02. The Morgan fingerprint density at radius 2 is 2.22 bits per heavy atom. The van der Waals surface area contributed by atoms with E-state index >= 15 is 0 Å². The summed E-state index contributed by atoms with van der Waals surface area (Å²) >= 11 is 0. The van der Waals surface area contributed by atoms with E-state index in [1.165, 1.54) is 6.07 Å². The zero-order chi connectivity index (χ0) is 16.6. The monoisotopic (exact) mass is 345 g/mol. The van der Waals surface area contributed by atoms with Crippen LogP contribution in [0.1, 0.15) is 18.6 Å². The highest BCUT2D eigenvalue weighted by molar-refractivity contribution is 7.88. The molecule has 128 valence electrons. The Morgan fingerprint density at radius 1 is 1.43 bits per heavy atom. The van der Waals surface area contributed by atoms with Gasteiger partial charge in [0.15, 0.2) is 0 Å². The molecule has 0 spiro atoms. The molecule has 3 rings (SSSR count). The highest BCUT2D eigenvalue weighted by atomic mass is 32.2. The maximum absolute atomic E-state index is 12.1. The molecule has 10 heteroatoms. The number of H-pyrrole nitrogens is 1. The van der Waals surface area contributed by atoms with Crippen LogP contribution in [0.4, 0.5) is 0 Å². The third kappa shape index (κ3) is 3.65. The molecule has 4 atom stereocenters. The van der Waals surface area contributed by atoms with Gasteiger partial charge in [-0.3, -0.25) is 9.59 Å². The maximum atomic E-state index is 12.1. The molecule has 2 fully saturated rings. The highest BCUT2D eigenvalue weighted by Crippen LogP contribution is 2.39. The number of aromatic nitrogens is 1. The Morgan fingerprint density at radius 3 is 2.87 bits per heavy atom. The average molecular weight is 345 g/mol. The third-order valence-electron chi connectivity index (χ3n) is 4.24. The van der Waals surface area contributed by atoms with Crippen molar-refractivity contribution in [3.63, 3.8) is 0 Å². The van der Waals surface area contributed by atoms with E-state index in [-0.39, 0.29) is 36.0 Å². The fourth-order valence-electron chi connectivity index (χ4n) is 3.23. The van der Waals surface area contributed by atoms with Crippen LogP contribution in [0, 0.1) is 5.92 Å². The lowest BCUT2D eigenvalue weighted by molar-refractivity contribution is -0.125. The van der Waals surface area contributed by atoms with E-state index in [0.717, 1.165) is 12.7 Å². The molecule has 1 amide bonds. The summed E-state index contributed by atoms with van der Waals surface area (Å²) in [7, 11) is -3.38. The Labute approximate surface area is 132 Å². The summed E-state index contributed by atoms with van der Waals surface area (Å²) in [4.78, 5) is 23.0. The molecule has 0 bridgehead atoms. The predicted molar refractivity (Wildman–Crippen MR) is 79.2 cm³/mol. The molecular formula is C13H19N3O6S. The number of hydrogen-bond acceptors (Lipinski definition) is 6. The van der Waals surface area contributed by atoms with Crippen LogP contribution in [0.3, 0.4) is 0 Å². The molecule has 1 saturated carbocycles. The normalized spacial score (nSPS) is 29.8. The van der Waals surface area contributed by atoms with Gasteiger partial charge in [-0.2, -0.15) is 5.16 Å². The van der Waals surface area contributed by atoms with Crippen LogP contribution in [0.5, 0.6) is 0 Å². The summed E-state index contributed by atoms with van der Waals surface area (Å²) in [5.41, 5.74) is -0.345. The predicted octanol–water partition coefficient (Wildman–Crippen LogP) is -1.28. The van der Waals surface area contributed by atoms with E-state index in [2.05, 4.69) is 15.2 Å². The molecule has 2 heterocycles.